The number of nitrogens with one attached hydrogen (secondary N) is 1. The number of carbonyl (C=O) groups is 2. The van der Waals surface area contributed by atoms with Gasteiger partial charge < -0.3 is 10.2 Å². The minimum absolute atomic E-state index is 0.0506. The number of benzene rings is 1. The van der Waals surface area contributed by atoms with Gasteiger partial charge >= 0.3 is 0 Å². The summed E-state index contributed by atoms with van der Waals surface area (Å²) in [5.41, 5.74) is 1.92. The first-order valence-corrected chi connectivity index (χ1v) is 10.5. The van der Waals surface area contributed by atoms with Crippen molar-refractivity contribution in [3.05, 3.63) is 46.5 Å². The van der Waals surface area contributed by atoms with Crippen molar-refractivity contribution >= 4 is 23.3 Å². The molecule has 0 unspecified atom stereocenters. The van der Waals surface area contributed by atoms with Crippen LogP contribution in [0.1, 0.15) is 81.0 Å². The van der Waals surface area contributed by atoms with E-state index in [1.54, 1.807) is 10.3 Å². The highest BCUT2D eigenvalue weighted by atomic mass is 32.1. The van der Waals surface area contributed by atoms with E-state index in [2.05, 4.69) is 28.8 Å². The van der Waals surface area contributed by atoms with E-state index >= 15 is 0 Å². The van der Waals surface area contributed by atoms with Crippen LogP contribution < -0.4 is 5.32 Å². The van der Waals surface area contributed by atoms with Gasteiger partial charge in [-0.2, -0.15) is 0 Å². The number of rotatable bonds is 6. The van der Waals surface area contributed by atoms with Crippen LogP contribution in [-0.4, -0.2) is 37.9 Å². The Labute approximate surface area is 170 Å². The molecule has 7 heteroatoms. The number of hydrogen-bond donors (Lipinski definition) is 1. The van der Waals surface area contributed by atoms with E-state index in [4.69, 9.17) is 0 Å². The maximum absolute atomic E-state index is 13.3. The molecule has 28 heavy (non-hydrogen) atoms. The van der Waals surface area contributed by atoms with E-state index in [0.717, 1.165) is 29.9 Å². The Morgan fingerprint density at radius 3 is 2.21 bits per heavy atom. The molecular weight excluding hydrogens is 372 g/mol. The molecule has 1 atom stereocenters. The van der Waals surface area contributed by atoms with Gasteiger partial charge in [0, 0.05) is 17.0 Å². The van der Waals surface area contributed by atoms with Crippen LogP contribution in [0.3, 0.4) is 0 Å². The fourth-order valence-corrected chi connectivity index (χ4v) is 3.61. The van der Waals surface area contributed by atoms with E-state index in [9.17, 15) is 9.59 Å². The van der Waals surface area contributed by atoms with Gasteiger partial charge in [-0.3, -0.25) is 9.59 Å². The quantitative estimate of drug-likeness (QED) is 0.797. The molecule has 0 aliphatic heterocycles. The second-order valence-electron chi connectivity index (χ2n) is 8.70. The molecule has 0 bridgehead atoms. The highest BCUT2D eigenvalue weighted by Gasteiger charge is 2.43. The lowest BCUT2D eigenvalue weighted by atomic mass is 9.96. The minimum Gasteiger partial charge on any atom is -0.349 e. The molecule has 1 aromatic heterocycles. The molecule has 1 aliphatic carbocycles. The summed E-state index contributed by atoms with van der Waals surface area (Å²) < 4.78 is 3.82. The summed E-state index contributed by atoms with van der Waals surface area (Å²) in [6.45, 7) is 10.1. The lowest BCUT2D eigenvalue weighted by Gasteiger charge is -2.33. The molecule has 150 valence electrons. The monoisotopic (exact) mass is 400 g/mol. The summed E-state index contributed by atoms with van der Waals surface area (Å²) in [6, 6.07) is 7.36. The third-order valence-corrected chi connectivity index (χ3v) is 5.20. The molecule has 0 radical (unpaired) electrons. The predicted octanol–water partition coefficient (Wildman–Crippen LogP) is 3.92. The van der Waals surface area contributed by atoms with E-state index in [1.165, 1.54) is 5.56 Å². The summed E-state index contributed by atoms with van der Waals surface area (Å²) in [4.78, 5) is 28.2. The van der Waals surface area contributed by atoms with Gasteiger partial charge in [0.1, 0.15) is 6.04 Å². The van der Waals surface area contributed by atoms with E-state index in [-0.39, 0.29) is 17.9 Å². The Morgan fingerprint density at radius 1 is 1.14 bits per heavy atom. The molecule has 2 aromatic rings. The molecule has 1 saturated carbocycles. The summed E-state index contributed by atoms with van der Waals surface area (Å²) in [5, 5.41) is 8.63. The van der Waals surface area contributed by atoms with Crippen molar-refractivity contribution in [1.82, 2.24) is 19.8 Å². The molecule has 1 N–H and O–H groups in total. The Balaban J connectivity index is 2.00. The fourth-order valence-electron chi connectivity index (χ4n) is 3.18. The Hall–Kier alpha value is -2.28. The maximum atomic E-state index is 13.3. The second kappa shape index (κ2) is 7.99. The smallest absolute Gasteiger partial charge is 0.276 e. The third kappa shape index (κ3) is 4.76. The zero-order chi connectivity index (χ0) is 20.5. The predicted molar refractivity (Wildman–Crippen MR) is 110 cm³/mol. The lowest BCUT2D eigenvalue weighted by molar-refractivity contribution is -0.127. The van der Waals surface area contributed by atoms with Crippen LogP contribution in [0, 0.1) is 0 Å². The maximum Gasteiger partial charge on any atom is 0.276 e. The van der Waals surface area contributed by atoms with E-state index < -0.39 is 11.6 Å². The van der Waals surface area contributed by atoms with Crippen LogP contribution in [-0.2, 0) is 4.79 Å². The summed E-state index contributed by atoms with van der Waals surface area (Å²) in [7, 11) is 0. The number of amides is 2. The first-order chi connectivity index (χ1) is 13.2. The highest BCUT2D eigenvalue weighted by Crippen LogP contribution is 2.36. The molecule has 1 aromatic carbocycles. The average Bonchev–Trinajstić information content (AvgIpc) is 3.29. The first kappa shape index (κ1) is 20.5. The standard InChI is InChI=1S/C21H28N4O2S/c1-13(2)14-6-8-15(9-7-14)18(19(26)22-21(3,4)5)25(16-10-11-16)20(27)17-12-28-24-23-17/h6-9,12-13,16,18H,10-11H2,1-5H3,(H,22,26)/t18-/m1/s1. The number of hydrogen-bond acceptors (Lipinski definition) is 5. The topological polar surface area (TPSA) is 75.2 Å². The summed E-state index contributed by atoms with van der Waals surface area (Å²) in [5.74, 6) is -0.00960. The van der Waals surface area contributed by atoms with E-state index in [1.807, 2.05) is 45.0 Å². The molecule has 6 nitrogen and oxygen atoms in total. The van der Waals surface area contributed by atoms with Gasteiger partial charge in [0.2, 0.25) is 5.91 Å². The van der Waals surface area contributed by atoms with Crippen molar-refractivity contribution in [2.24, 2.45) is 0 Å². The van der Waals surface area contributed by atoms with Crippen LogP contribution >= 0.6 is 11.5 Å². The number of carbonyl (C=O) groups excluding carboxylic acids is 2. The van der Waals surface area contributed by atoms with Crippen molar-refractivity contribution in [2.75, 3.05) is 0 Å². The fraction of sp³-hybridized carbons (Fsp3) is 0.524. The molecule has 2 amide bonds. The van der Waals surface area contributed by atoms with Crippen molar-refractivity contribution in [1.29, 1.82) is 0 Å². The van der Waals surface area contributed by atoms with Crippen LogP contribution in [0.25, 0.3) is 0 Å². The molecule has 1 fully saturated rings. The van der Waals surface area contributed by atoms with Gasteiger partial charge in [0.15, 0.2) is 5.69 Å². The van der Waals surface area contributed by atoms with Crippen LogP contribution in [0.5, 0.6) is 0 Å². The Kier molecular flexibility index (Phi) is 5.84. The summed E-state index contributed by atoms with van der Waals surface area (Å²) >= 11 is 1.14. The zero-order valence-corrected chi connectivity index (χ0v) is 17.9. The number of nitrogens with zero attached hydrogens (tertiary/aromatic N) is 3. The lowest BCUT2D eigenvalue weighted by Crippen LogP contribution is -2.50. The molecule has 0 spiro atoms. The van der Waals surface area contributed by atoms with Crippen LogP contribution in [0.2, 0.25) is 0 Å². The molecule has 1 heterocycles. The molecular formula is C21H28N4O2S. The largest absolute Gasteiger partial charge is 0.349 e. The Bertz CT molecular complexity index is 821. The second-order valence-corrected chi connectivity index (χ2v) is 9.31. The van der Waals surface area contributed by atoms with Crippen molar-refractivity contribution < 1.29 is 9.59 Å². The van der Waals surface area contributed by atoms with Gasteiger partial charge in [-0.1, -0.05) is 42.6 Å². The van der Waals surface area contributed by atoms with Gasteiger partial charge in [-0.15, -0.1) is 5.10 Å². The molecule has 0 saturated heterocycles. The van der Waals surface area contributed by atoms with Gasteiger partial charge in [-0.25, -0.2) is 0 Å². The van der Waals surface area contributed by atoms with Crippen LogP contribution in [0.15, 0.2) is 29.6 Å². The van der Waals surface area contributed by atoms with E-state index in [0.29, 0.717) is 11.6 Å². The summed E-state index contributed by atoms with van der Waals surface area (Å²) in [6.07, 6.45) is 1.79. The number of aromatic nitrogens is 2. The zero-order valence-electron chi connectivity index (χ0n) is 17.1. The van der Waals surface area contributed by atoms with Crippen molar-refractivity contribution in [3.63, 3.8) is 0 Å². The van der Waals surface area contributed by atoms with Crippen molar-refractivity contribution in [3.8, 4) is 0 Å². The normalized spacial score (nSPS) is 15.4. The average molecular weight is 401 g/mol. The molecule has 1 aliphatic rings. The first-order valence-electron chi connectivity index (χ1n) is 9.69. The SMILES string of the molecule is CC(C)c1ccc([C@H](C(=O)NC(C)(C)C)N(C(=O)c2csnn2)C2CC2)cc1. The van der Waals surface area contributed by atoms with Crippen molar-refractivity contribution in [2.45, 2.75) is 71.0 Å². The van der Waals surface area contributed by atoms with Gasteiger partial charge in [0.05, 0.1) is 0 Å². The molecule has 3 rings (SSSR count). The Morgan fingerprint density at radius 2 is 1.75 bits per heavy atom. The van der Waals surface area contributed by atoms with Gasteiger partial charge in [0.25, 0.3) is 5.91 Å². The van der Waals surface area contributed by atoms with Gasteiger partial charge in [-0.05, 0) is 62.2 Å². The van der Waals surface area contributed by atoms with Crippen LogP contribution in [0.4, 0.5) is 0 Å². The highest BCUT2D eigenvalue weighted by molar-refractivity contribution is 7.03. The minimum atomic E-state index is -0.692. The third-order valence-electron chi connectivity index (χ3n) is 4.70.